The van der Waals surface area contributed by atoms with Gasteiger partial charge < -0.3 is 4.74 Å². The molecule has 0 aromatic carbocycles. The van der Waals surface area contributed by atoms with Crippen LogP contribution in [0.5, 0.6) is 0 Å². The lowest BCUT2D eigenvalue weighted by molar-refractivity contribution is 0.0188. The van der Waals surface area contributed by atoms with Crippen LogP contribution in [0, 0.1) is 5.92 Å². The van der Waals surface area contributed by atoms with Gasteiger partial charge in [-0.3, -0.25) is 0 Å². The van der Waals surface area contributed by atoms with Crippen molar-refractivity contribution in [3.8, 4) is 0 Å². The summed E-state index contributed by atoms with van der Waals surface area (Å²) in [4.78, 5) is 0. The van der Waals surface area contributed by atoms with Crippen LogP contribution in [-0.4, -0.2) is 12.7 Å². The lowest BCUT2D eigenvalue weighted by atomic mass is 9.84. The highest BCUT2D eigenvalue weighted by Gasteiger charge is 2.21. The Kier molecular flexibility index (Phi) is 6.25. The first kappa shape index (κ1) is 12.0. The van der Waals surface area contributed by atoms with Gasteiger partial charge >= 0.3 is 0 Å². The molecule has 0 aliphatic heterocycles. The Balaban J connectivity index is 2.12. The first-order valence-electron chi connectivity index (χ1n) is 6.48. The summed E-state index contributed by atoms with van der Waals surface area (Å²) >= 11 is 0. The number of ether oxygens (including phenoxy) is 1. The minimum Gasteiger partial charge on any atom is -0.378 e. The Morgan fingerprint density at radius 2 is 2.00 bits per heavy atom. The van der Waals surface area contributed by atoms with Crippen molar-refractivity contribution in [1.29, 1.82) is 0 Å². The molecule has 1 saturated carbocycles. The van der Waals surface area contributed by atoms with Gasteiger partial charge in [0.2, 0.25) is 0 Å². The van der Waals surface area contributed by atoms with Crippen LogP contribution in [0.3, 0.4) is 0 Å². The molecule has 0 aromatic rings. The van der Waals surface area contributed by atoms with Crippen LogP contribution < -0.4 is 0 Å². The summed E-state index contributed by atoms with van der Waals surface area (Å²) in [6, 6.07) is 0. The molecule has 1 aliphatic rings. The third-order valence-corrected chi connectivity index (χ3v) is 3.35. The van der Waals surface area contributed by atoms with E-state index in [2.05, 4.69) is 13.8 Å². The zero-order chi connectivity index (χ0) is 10.2. The molecule has 0 saturated heterocycles. The number of hydrogen-bond donors (Lipinski definition) is 0. The first-order chi connectivity index (χ1) is 6.86. The van der Waals surface area contributed by atoms with E-state index in [4.69, 9.17) is 4.74 Å². The van der Waals surface area contributed by atoms with Crippen molar-refractivity contribution in [2.24, 2.45) is 5.92 Å². The van der Waals surface area contributed by atoms with Crippen LogP contribution in [0.25, 0.3) is 0 Å². The number of rotatable bonds is 6. The minimum absolute atomic E-state index is 0.584. The van der Waals surface area contributed by atoms with E-state index in [0.29, 0.717) is 6.10 Å². The zero-order valence-corrected chi connectivity index (χ0v) is 9.93. The van der Waals surface area contributed by atoms with E-state index in [1.54, 1.807) is 0 Å². The summed E-state index contributed by atoms with van der Waals surface area (Å²) in [6.07, 6.45) is 11.7. The highest BCUT2D eigenvalue weighted by Crippen LogP contribution is 2.29. The van der Waals surface area contributed by atoms with Crippen molar-refractivity contribution < 1.29 is 4.74 Å². The molecule has 0 amide bonds. The third-order valence-electron chi connectivity index (χ3n) is 3.35. The predicted octanol–water partition coefficient (Wildman–Crippen LogP) is 4.16. The van der Waals surface area contributed by atoms with Crippen LogP contribution in [-0.2, 0) is 4.74 Å². The van der Waals surface area contributed by atoms with Gasteiger partial charge in [-0.25, -0.2) is 0 Å². The summed E-state index contributed by atoms with van der Waals surface area (Å²) in [7, 11) is 0. The smallest absolute Gasteiger partial charge is 0.0577 e. The second-order valence-electron chi connectivity index (χ2n) is 4.61. The topological polar surface area (TPSA) is 9.23 Å². The largest absolute Gasteiger partial charge is 0.378 e. The van der Waals surface area contributed by atoms with E-state index in [0.717, 1.165) is 12.5 Å². The Morgan fingerprint density at radius 3 is 2.71 bits per heavy atom. The predicted molar refractivity (Wildman–Crippen MR) is 61.5 cm³/mol. The van der Waals surface area contributed by atoms with E-state index >= 15 is 0 Å². The van der Waals surface area contributed by atoms with Crippen LogP contribution in [0.15, 0.2) is 0 Å². The van der Waals surface area contributed by atoms with Crippen LogP contribution in [0.1, 0.15) is 65.2 Å². The van der Waals surface area contributed by atoms with Gasteiger partial charge in [0.1, 0.15) is 0 Å². The standard InChI is InChI=1S/C13H26O/c1-3-5-6-8-12-9-7-10-13(11-12)14-4-2/h12-13H,3-11H2,1-2H3/t12-,13+/m1/s1. The summed E-state index contributed by atoms with van der Waals surface area (Å²) in [6.45, 7) is 5.29. The highest BCUT2D eigenvalue weighted by molar-refractivity contribution is 4.73. The first-order valence-corrected chi connectivity index (χ1v) is 6.48. The van der Waals surface area contributed by atoms with Gasteiger partial charge in [0.15, 0.2) is 0 Å². The molecule has 2 atom stereocenters. The van der Waals surface area contributed by atoms with Gasteiger partial charge in [0.25, 0.3) is 0 Å². The van der Waals surface area contributed by atoms with Crippen molar-refractivity contribution in [1.82, 2.24) is 0 Å². The molecule has 0 radical (unpaired) electrons. The SMILES string of the molecule is CCCCC[C@@H]1CCC[C@H](OCC)C1. The Bertz CT molecular complexity index is 131. The van der Waals surface area contributed by atoms with Crippen LogP contribution in [0.4, 0.5) is 0 Å². The van der Waals surface area contributed by atoms with E-state index in [1.165, 1.54) is 51.4 Å². The van der Waals surface area contributed by atoms with Gasteiger partial charge in [0.05, 0.1) is 6.10 Å². The molecule has 1 aliphatic carbocycles. The van der Waals surface area contributed by atoms with Gasteiger partial charge in [-0.1, -0.05) is 45.4 Å². The normalized spacial score (nSPS) is 27.9. The molecule has 1 heteroatoms. The molecular weight excluding hydrogens is 172 g/mol. The Morgan fingerprint density at radius 1 is 1.14 bits per heavy atom. The van der Waals surface area contributed by atoms with Crippen molar-refractivity contribution in [2.75, 3.05) is 6.61 Å². The van der Waals surface area contributed by atoms with Crippen LogP contribution in [0.2, 0.25) is 0 Å². The second kappa shape index (κ2) is 7.28. The molecule has 0 N–H and O–H groups in total. The molecule has 0 heterocycles. The molecule has 1 fully saturated rings. The van der Waals surface area contributed by atoms with Crippen molar-refractivity contribution in [3.63, 3.8) is 0 Å². The summed E-state index contributed by atoms with van der Waals surface area (Å²) in [5.74, 6) is 0.965. The maximum Gasteiger partial charge on any atom is 0.0577 e. The quantitative estimate of drug-likeness (QED) is 0.582. The van der Waals surface area contributed by atoms with Gasteiger partial charge in [-0.2, -0.15) is 0 Å². The van der Waals surface area contributed by atoms with Crippen molar-refractivity contribution in [3.05, 3.63) is 0 Å². The lowest BCUT2D eigenvalue weighted by Crippen LogP contribution is -2.22. The summed E-state index contributed by atoms with van der Waals surface area (Å²) in [5.41, 5.74) is 0. The van der Waals surface area contributed by atoms with Gasteiger partial charge in [-0.15, -0.1) is 0 Å². The zero-order valence-electron chi connectivity index (χ0n) is 9.93. The fourth-order valence-corrected chi connectivity index (χ4v) is 2.57. The molecule has 0 spiro atoms. The number of unbranched alkanes of at least 4 members (excludes halogenated alkanes) is 2. The molecule has 1 rings (SSSR count). The molecule has 0 unspecified atom stereocenters. The van der Waals surface area contributed by atoms with E-state index in [9.17, 15) is 0 Å². The summed E-state index contributed by atoms with van der Waals surface area (Å²) < 4.78 is 5.72. The molecule has 14 heavy (non-hydrogen) atoms. The van der Waals surface area contributed by atoms with E-state index in [1.807, 2.05) is 0 Å². The van der Waals surface area contributed by atoms with Gasteiger partial charge in [0, 0.05) is 6.61 Å². The van der Waals surface area contributed by atoms with E-state index < -0.39 is 0 Å². The average Bonchev–Trinajstić information content (AvgIpc) is 2.19. The molecule has 84 valence electrons. The second-order valence-corrected chi connectivity index (χ2v) is 4.61. The highest BCUT2D eigenvalue weighted by atomic mass is 16.5. The lowest BCUT2D eigenvalue weighted by Gasteiger charge is -2.28. The van der Waals surface area contributed by atoms with Crippen molar-refractivity contribution >= 4 is 0 Å². The minimum atomic E-state index is 0.584. The Hall–Kier alpha value is -0.0400. The Labute approximate surface area is 89.2 Å². The van der Waals surface area contributed by atoms with Crippen molar-refractivity contribution in [2.45, 2.75) is 71.3 Å². The third kappa shape index (κ3) is 4.45. The fourth-order valence-electron chi connectivity index (χ4n) is 2.57. The monoisotopic (exact) mass is 198 g/mol. The summed E-state index contributed by atoms with van der Waals surface area (Å²) in [5, 5.41) is 0. The molecular formula is C13H26O. The molecule has 1 nitrogen and oxygen atoms in total. The van der Waals surface area contributed by atoms with Crippen LogP contribution >= 0.6 is 0 Å². The van der Waals surface area contributed by atoms with E-state index in [-0.39, 0.29) is 0 Å². The molecule has 0 aromatic heterocycles. The van der Waals surface area contributed by atoms with Gasteiger partial charge in [-0.05, 0) is 25.7 Å². The maximum absolute atomic E-state index is 5.72. The average molecular weight is 198 g/mol. The fraction of sp³-hybridized carbons (Fsp3) is 1.00. The maximum atomic E-state index is 5.72. The molecule has 0 bridgehead atoms. The number of hydrogen-bond acceptors (Lipinski definition) is 1.